The molecule has 0 bridgehead atoms. The van der Waals surface area contributed by atoms with Gasteiger partial charge in [0.25, 0.3) is 0 Å². The zero-order chi connectivity index (χ0) is 8.39. The molecule has 0 atom stereocenters. The maximum atomic E-state index is 4.35. The van der Waals surface area contributed by atoms with Crippen molar-refractivity contribution in [3.8, 4) is 0 Å². The van der Waals surface area contributed by atoms with Gasteiger partial charge in [-0.1, -0.05) is 6.07 Å². The molecule has 0 spiro atoms. The third-order valence-electron chi connectivity index (χ3n) is 1.67. The third kappa shape index (κ3) is 1.44. The largest absolute Gasteiger partial charge is 0.255 e. The van der Waals surface area contributed by atoms with E-state index >= 15 is 0 Å². The van der Waals surface area contributed by atoms with Gasteiger partial charge in [-0.3, -0.25) is 3.53 Å². The molecule has 2 heterocycles. The Morgan fingerprint density at radius 2 is 2.42 bits per heavy atom. The van der Waals surface area contributed by atoms with Gasteiger partial charge in [0.15, 0.2) is 0 Å². The van der Waals surface area contributed by atoms with Crippen LogP contribution in [0.1, 0.15) is 5.69 Å². The molecule has 0 amide bonds. The van der Waals surface area contributed by atoms with Crippen molar-refractivity contribution in [2.75, 3.05) is 0 Å². The van der Waals surface area contributed by atoms with Crippen LogP contribution in [0.3, 0.4) is 0 Å². The second kappa shape index (κ2) is 3.40. The van der Waals surface area contributed by atoms with E-state index in [0.29, 0.717) is 0 Å². The molecule has 0 unspecified atom stereocenters. The van der Waals surface area contributed by atoms with Crippen molar-refractivity contribution < 1.29 is 0 Å². The van der Waals surface area contributed by atoms with Gasteiger partial charge >= 0.3 is 0 Å². The van der Waals surface area contributed by atoms with Gasteiger partial charge in [0.05, 0.1) is 11.2 Å². The quantitative estimate of drug-likeness (QED) is 0.667. The molecule has 0 aromatic carbocycles. The molecule has 0 aliphatic heterocycles. The number of pyridine rings is 1. The minimum absolute atomic E-state index is 0.808. The Bertz CT molecular complexity index is 349. The van der Waals surface area contributed by atoms with Crippen molar-refractivity contribution in [1.29, 1.82) is 0 Å². The summed E-state index contributed by atoms with van der Waals surface area (Å²) in [7, 11) is 0. The summed E-state index contributed by atoms with van der Waals surface area (Å²) in [5, 5.41) is 4.35. The van der Waals surface area contributed by atoms with Crippen molar-refractivity contribution in [2.24, 2.45) is 0 Å². The third-order valence-corrected chi connectivity index (χ3v) is 2.05. The first-order valence-corrected chi connectivity index (χ1v) is 4.75. The lowest BCUT2D eigenvalue weighted by atomic mass is 10.3. The van der Waals surface area contributed by atoms with Gasteiger partial charge in [-0.15, -0.1) is 0 Å². The number of halogens is 1. The second-order valence-electron chi connectivity index (χ2n) is 2.52. The highest BCUT2D eigenvalue weighted by Crippen LogP contribution is 2.05. The number of aromatic nitrogens is 2. The van der Waals surface area contributed by atoms with Crippen molar-refractivity contribution in [1.82, 2.24) is 13.1 Å². The van der Waals surface area contributed by atoms with Crippen molar-refractivity contribution in [2.45, 2.75) is 6.54 Å². The number of hydrogen-bond donors (Lipinski definition) is 1. The molecule has 0 saturated carbocycles. The standard InChI is InChI=1S/C8H8IN3/c9-10-6-7-5-8-3-1-2-4-12(8)11-7/h1-5,10H,6H2. The number of nitrogens with one attached hydrogen (secondary N) is 1. The Morgan fingerprint density at radius 1 is 1.50 bits per heavy atom. The Balaban J connectivity index is 2.47. The van der Waals surface area contributed by atoms with E-state index in [9.17, 15) is 0 Å². The van der Waals surface area contributed by atoms with E-state index in [1.165, 1.54) is 0 Å². The maximum Gasteiger partial charge on any atom is 0.0781 e. The molecule has 12 heavy (non-hydrogen) atoms. The molecule has 0 radical (unpaired) electrons. The average molecular weight is 273 g/mol. The molecule has 0 fully saturated rings. The first kappa shape index (κ1) is 8.00. The van der Waals surface area contributed by atoms with Crippen LogP contribution >= 0.6 is 22.9 Å². The van der Waals surface area contributed by atoms with E-state index in [2.05, 4.69) is 37.6 Å². The summed E-state index contributed by atoms with van der Waals surface area (Å²) in [5.74, 6) is 0. The topological polar surface area (TPSA) is 29.3 Å². The average Bonchev–Trinajstić information content (AvgIpc) is 2.47. The Morgan fingerprint density at radius 3 is 3.17 bits per heavy atom. The molecule has 3 nitrogen and oxygen atoms in total. The van der Waals surface area contributed by atoms with Gasteiger partial charge in [-0.05, 0) is 18.2 Å². The molecule has 4 heteroatoms. The fourth-order valence-corrected chi connectivity index (χ4v) is 1.54. The minimum atomic E-state index is 0.808. The lowest BCUT2D eigenvalue weighted by molar-refractivity contribution is 0.868. The first-order chi connectivity index (χ1) is 5.90. The van der Waals surface area contributed by atoms with Crippen molar-refractivity contribution in [3.05, 3.63) is 36.2 Å². The molecule has 0 aliphatic carbocycles. The monoisotopic (exact) mass is 273 g/mol. The minimum Gasteiger partial charge on any atom is -0.255 e. The van der Waals surface area contributed by atoms with Gasteiger partial charge in [0.2, 0.25) is 0 Å². The van der Waals surface area contributed by atoms with Gasteiger partial charge in [0.1, 0.15) is 0 Å². The molecule has 2 aromatic heterocycles. The lowest BCUT2D eigenvalue weighted by Crippen LogP contribution is -1.97. The summed E-state index contributed by atoms with van der Waals surface area (Å²) >= 11 is 2.12. The van der Waals surface area contributed by atoms with Crippen molar-refractivity contribution in [3.63, 3.8) is 0 Å². The highest BCUT2D eigenvalue weighted by atomic mass is 127. The van der Waals surface area contributed by atoms with Crippen LogP contribution in [0.4, 0.5) is 0 Å². The zero-order valence-corrected chi connectivity index (χ0v) is 8.52. The van der Waals surface area contributed by atoms with Crippen LogP contribution in [-0.2, 0) is 6.54 Å². The van der Waals surface area contributed by atoms with Gasteiger partial charge in [-0.2, -0.15) is 5.10 Å². The first-order valence-electron chi connectivity index (χ1n) is 3.67. The molecule has 62 valence electrons. The molecule has 2 rings (SSSR count). The highest BCUT2D eigenvalue weighted by Gasteiger charge is 1.97. The van der Waals surface area contributed by atoms with Crippen LogP contribution in [0.15, 0.2) is 30.5 Å². The number of rotatable bonds is 2. The van der Waals surface area contributed by atoms with Crippen molar-refractivity contribution >= 4 is 28.4 Å². The van der Waals surface area contributed by atoms with E-state index in [1.54, 1.807) is 0 Å². The van der Waals surface area contributed by atoms with E-state index in [0.717, 1.165) is 17.8 Å². The summed E-state index contributed by atoms with van der Waals surface area (Å²) in [5.41, 5.74) is 2.20. The number of nitrogens with zero attached hydrogens (tertiary/aromatic N) is 2. The lowest BCUT2D eigenvalue weighted by Gasteiger charge is -1.88. The zero-order valence-electron chi connectivity index (χ0n) is 6.37. The van der Waals surface area contributed by atoms with Crippen LogP contribution in [0, 0.1) is 0 Å². The predicted molar refractivity (Wildman–Crippen MR) is 56.1 cm³/mol. The Hall–Kier alpha value is -0.620. The van der Waals surface area contributed by atoms with E-state index in [4.69, 9.17) is 0 Å². The summed E-state index contributed by atoms with van der Waals surface area (Å²) in [6, 6.07) is 8.11. The fraction of sp³-hybridized carbons (Fsp3) is 0.125. The van der Waals surface area contributed by atoms with Gasteiger partial charge in [0, 0.05) is 35.6 Å². The van der Waals surface area contributed by atoms with Crippen LogP contribution in [0.25, 0.3) is 5.52 Å². The summed E-state index contributed by atoms with van der Waals surface area (Å²) in [4.78, 5) is 0. The molecule has 0 aliphatic rings. The molecular formula is C8H8IN3. The fourth-order valence-electron chi connectivity index (χ4n) is 1.15. The van der Waals surface area contributed by atoms with Gasteiger partial charge < -0.3 is 0 Å². The maximum absolute atomic E-state index is 4.35. The van der Waals surface area contributed by atoms with Crippen LogP contribution in [0.2, 0.25) is 0 Å². The normalized spacial score (nSPS) is 10.8. The number of fused-ring (bicyclic) bond motifs is 1. The summed E-state index contributed by atoms with van der Waals surface area (Å²) in [6.07, 6.45) is 1.95. The molecule has 1 N–H and O–H groups in total. The summed E-state index contributed by atoms with van der Waals surface area (Å²) < 4.78 is 4.92. The van der Waals surface area contributed by atoms with E-state index in [1.807, 2.05) is 28.9 Å². The molecule has 2 aromatic rings. The van der Waals surface area contributed by atoms with Gasteiger partial charge in [-0.25, -0.2) is 4.52 Å². The SMILES string of the molecule is INCc1cc2ccccn2n1. The molecule has 0 saturated heterocycles. The molecular weight excluding hydrogens is 265 g/mol. The van der Waals surface area contributed by atoms with Crippen LogP contribution < -0.4 is 3.53 Å². The smallest absolute Gasteiger partial charge is 0.0781 e. The Kier molecular flexibility index (Phi) is 2.27. The van der Waals surface area contributed by atoms with Crippen LogP contribution in [0.5, 0.6) is 0 Å². The highest BCUT2D eigenvalue weighted by molar-refractivity contribution is 14.1. The second-order valence-corrected chi connectivity index (χ2v) is 3.28. The summed E-state index contributed by atoms with van der Waals surface area (Å²) in [6.45, 7) is 0.808. The Labute approximate surface area is 84.3 Å². The van der Waals surface area contributed by atoms with E-state index in [-0.39, 0.29) is 0 Å². The number of hydrogen-bond acceptors (Lipinski definition) is 2. The predicted octanol–water partition coefficient (Wildman–Crippen LogP) is 1.77. The van der Waals surface area contributed by atoms with E-state index < -0.39 is 0 Å². The van der Waals surface area contributed by atoms with Crippen LogP contribution in [-0.4, -0.2) is 9.61 Å².